The minimum Gasteiger partial charge on any atom is -0.363 e. The second kappa shape index (κ2) is 5.59. The number of aromatic nitrogens is 1. The third kappa shape index (κ3) is 2.57. The first kappa shape index (κ1) is 13.8. The average molecular weight is 344 g/mol. The van der Waals surface area contributed by atoms with E-state index in [9.17, 15) is 14.5 Å². The Kier molecular flexibility index (Phi) is 4.07. The van der Waals surface area contributed by atoms with E-state index in [2.05, 4.69) is 35.4 Å². The predicted molar refractivity (Wildman–Crippen MR) is 77.3 cm³/mol. The maximum absolute atomic E-state index is 13.8. The molecule has 0 amide bonds. The Hall–Kier alpha value is -1.59. The van der Waals surface area contributed by atoms with Crippen molar-refractivity contribution in [3.05, 3.63) is 50.9 Å². The molecule has 8 heteroatoms. The van der Waals surface area contributed by atoms with Crippen LogP contribution in [-0.4, -0.2) is 9.91 Å². The zero-order valence-corrected chi connectivity index (χ0v) is 12.2. The first-order valence-corrected chi connectivity index (χ1v) is 6.47. The number of nitrogens with one attached hydrogen (secondary N) is 1. The van der Waals surface area contributed by atoms with Gasteiger partial charge >= 0.3 is 5.69 Å². The number of nitro benzene ring substituents is 1. The van der Waals surface area contributed by atoms with Crippen LogP contribution in [0.5, 0.6) is 0 Å². The summed E-state index contributed by atoms with van der Waals surface area (Å²) in [6.07, 6.45) is 1.56. The largest absolute Gasteiger partial charge is 0.363 e. The van der Waals surface area contributed by atoms with Gasteiger partial charge in [-0.25, -0.2) is 0 Å². The highest BCUT2D eigenvalue weighted by atomic mass is 79.9. The van der Waals surface area contributed by atoms with Crippen molar-refractivity contribution < 1.29 is 9.31 Å². The lowest BCUT2D eigenvalue weighted by Gasteiger charge is -2.10. The Bertz CT molecular complexity index is 640. The number of anilines is 1. The van der Waals surface area contributed by atoms with Gasteiger partial charge in [0, 0.05) is 11.8 Å². The number of rotatable bonds is 3. The molecule has 2 aromatic rings. The van der Waals surface area contributed by atoms with Gasteiger partial charge < -0.3 is 5.09 Å². The molecule has 1 N–H and O–H groups in total. The Morgan fingerprint density at radius 1 is 1.47 bits per heavy atom. The van der Waals surface area contributed by atoms with E-state index in [1.165, 1.54) is 6.07 Å². The smallest absolute Gasteiger partial charge is 0.329 e. The van der Waals surface area contributed by atoms with Gasteiger partial charge in [-0.2, -0.15) is 4.39 Å². The zero-order valence-electron chi connectivity index (χ0n) is 9.43. The van der Waals surface area contributed by atoms with Crippen LogP contribution in [0, 0.1) is 15.9 Å². The molecule has 1 unspecified atom stereocenters. The molecule has 1 aromatic carbocycles. The van der Waals surface area contributed by atoms with Crippen molar-refractivity contribution in [2.24, 2.45) is 0 Å². The number of hydrogen-bond acceptors (Lipinski definition) is 4. The van der Waals surface area contributed by atoms with Crippen LogP contribution in [0.1, 0.15) is 0 Å². The molecule has 0 fully saturated rings. The summed E-state index contributed by atoms with van der Waals surface area (Å²) in [4.78, 5) is 14.4. The summed E-state index contributed by atoms with van der Waals surface area (Å²) in [6, 6.07) is 6.62. The van der Waals surface area contributed by atoms with Crippen LogP contribution >= 0.6 is 25.3 Å². The summed E-state index contributed by atoms with van der Waals surface area (Å²) in [5.41, 5.74) is 0.395. The van der Waals surface area contributed by atoms with E-state index in [0.717, 1.165) is 0 Å². The van der Waals surface area contributed by atoms with Gasteiger partial charge in [0.25, 0.3) is 0 Å². The molecule has 0 aliphatic heterocycles. The van der Waals surface area contributed by atoms with E-state index in [1.54, 1.807) is 24.4 Å². The first-order chi connectivity index (χ1) is 9.06. The molecule has 0 aliphatic carbocycles. The molecule has 0 saturated carbocycles. The lowest BCUT2D eigenvalue weighted by atomic mass is 10.1. The topological polar surface area (TPSA) is 68.1 Å². The second-order valence-corrected chi connectivity index (χ2v) is 4.70. The van der Waals surface area contributed by atoms with Crippen LogP contribution in [0.15, 0.2) is 34.9 Å². The summed E-state index contributed by atoms with van der Waals surface area (Å²) < 4.78 is 13.9. The molecular formula is C11H8BrFN3O2P. The summed E-state index contributed by atoms with van der Waals surface area (Å²) in [5.74, 6) is -0.922. The highest BCUT2D eigenvalue weighted by molar-refractivity contribution is 9.10. The Balaban J connectivity index is 2.79. The van der Waals surface area contributed by atoms with E-state index >= 15 is 0 Å². The van der Waals surface area contributed by atoms with Crippen LogP contribution in [-0.2, 0) is 0 Å². The van der Waals surface area contributed by atoms with Crippen LogP contribution in [0.4, 0.5) is 15.8 Å². The fourth-order valence-corrected chi connectivity index (χ4v) is 2.36. The van der Waals surface area contributed by atoms with E-state index in [-0.39, 0.29) is 10.2 Å². The van der Waals surface area contributed by atoms with Gasteiger partial charge in [-0.15, -0.1) is 0 Å². The van der Waals surface area contributed by atoms with Crippen LogP contribution in [0.2, 0.25) is 0 Å². The molecule has 1 atom stereocenters. The van der Waals surface area contributed by atoms with Crippen LogP contribution in [0.3, 0.4) is 0 Å². The molecule has 0 spiro atoms. The van der Waals surface area contributed by atoms with E-state index in [4.69, 9.17) is 0 Å². The quantitative estimate of drug-likeness (QED) is 0.523. The monoisotopic (exact) mass is 343 g/mol. The van der Waals surface area contributed by atoms with E-state index in [1.807, 2.05) is 0 Å². The molecule has 1 heterocycles. The van der Waals surface area contributed by atoms with Crippen molar-refractivity contribution in [3.63, 3.8) is 0 Å². The molecule has 1 aromatic heterocycles. The SMILES string of the molecule is O=[N+]([O-])c1c(F)c(Br)cc(-c2ccccn2)c1NP. The Morgan fingerprint density at radius 2 is 2.21 bits per heavy atom. The number of pyridine rings is 1. The van der Waals surface area contributed by atoms with Gasteiger partial charge in [0.2, 0.25) is 5.82 Å². The van der Waals surface area contributed by atoms with Crippen LogP contribution < -0.4 is 5.09 Å². The van der Waals surface area contributed by atoms with Crippen molar-refractivity contribution >= 4 is 36.7 Å². The Labute approximate surface area is 118 Å². The van der Waals surface area contributed by atoms with E-state index < -0.39 is 16.4 Å². The van der Waals surface area contributed by atoms with Gasteiger partial charge in [0.15, 0.2) is 0 Å². The van der Waals surface area contributed by atoms with Crippen molar-refractivity contribution in [1.82, 2.24) is 4.98 Å². The molecule has 0 bridgehead atoms. The van der Waals surface area contributed by atoms with Gasteiger partial charge in [-0.3, -0.25) is 15.1 Å². The van der Waals surface area contributed by atoms with Crippen LogP contribution in [0.25, 0.3) is 11.3 Å². The molecule has 0 aliphatic rings. The summed E-state index contributed by atoms with van der Waals surface area (Å²) >= 11 is 2.98. The molecular weight excluding hydrogens is 336 g/mol. The van der Waals surface area contributed by atoms with Gasteiger partial charge in [0.05, 0.1) is 15.1 Å². The number of halogens is 2. The average Bonchev–Trinajstić information content (AvgIpc) is 2.41. The maximum Gasteiger partial charge on any atom is 0.329 e. The van der Waals surface area contributed by atoms with Gasteiger partial charge in [0.1, 0.15) is 5.69 Å². The fourth-order valence-electron chi connectivity index (χ4n) is 1.65. The predicted octanol–water partition coefficient (Wildman–Crippen LogP) is 3.76. The van der Waals surface area contributed by atoms with Gasteiger partial charge in [-0.1, -0.05) is 6.07 Å². The third-order valence-corrected chi connectivity index (χ3v) is 3.33. The number of hydrogen-bond donors (Lipinski definition) is 1. The van der Waals surface area contributed by atoms with Gasteiger partial charge in [-0.05, 0) is 43.5 Å². The first-order valence-electron chi connectivity index (χ1n) is 5.10. The highest BCUT2D eigenvalue weighted by Crippen LogP contribution is 2.41. The number of nitrogens with zero attached hydrogens (tertiary/aromatic N) is 2. The fraction of sp³-hybridized carbons (Fsp3) is 0. The lowest BCUT2D eigenvalue weighted by Crippen LogP contribution is -2.00. The molecule has 0 saturated heterocycles. The molecule has 0 radical (unpaired) electrons. The van der Waals surface area contributed by atoms with Crippen molar-refractivity contribution in [2.75, 3.05) is 5.09 Å². The van der Waals surface area contributed by atoms with E-state index in [0.29, 0.717) is 11.3 Å². The highest BCUT2D eigenvalue weighted by Gasteiger charge is 2.26. The lowest BCUT2D eigenvalue weighted by molar-refractivity contribution is -0.386. The third-order valence-electron chi connectivity index (χ3n) is 2.46. The van der Waals surface area contributed by atoms with Crippen molar-refractivity contribution in [2.45, 2.75) is 0 Å². The number of benzene rings is 1. The normalized spacial score (nSPS) is 10.3. The standard InChI is InChI=1S/C11H8BrFN3O2P/c12-7-5-6(8-3-1-2-4-14-8)10(15-19)11(9(7)13)16(17)18/h1-5,15H,19H2. The molecule has 2 rings (SSSR count). The summed E-state index contributed by atoms with van der Waals surface area (Å²) in [6.45, 7) is 0. The molecule has 5 nitrogen and oxygen atoms in total. The second-order valence-electron chi connectivity index (χ2n) is 3.56. The zero-order chi connectivity index (χ0) is 14.0. The molecule has 19 heavy (non-hydrogen) atoms. The summed E-state index contributed by atoms with van der Waals surface area (Å²) in [5, 5.41) is 13.6. The number of nitro groups is 1. The maximum atomic E-state index is 13.8. The summed E-state index contributed by atoms with van der Waals surface area (Å²) in [7, 11) is 2.13. The molecule has 98 valence electrons. The minimum atomic E-state index is -0.922. The minimum absolute atomic E-state index is 0.0175. The Morgan fingerprint density at radius 3 is 2.74 bits per heavy atom. The van der Waals surface area contributed by atoms with Crippen molar-refractivity contribution in [1.29, 1.82) is 0 Å². The van der Waals surface area contributed by atoms with Crippen molar-refractivity contribution in [3.8, 4) is 11.3 Å².